The molecule has 1 amide bonds. The summed E-state index contributed by atoms with van der Waals surface area (Å²) in [6.45, 7) is 4.41. The first kappa shape index (κ1) is 18.1. The van der Waals surface area contributed by atoms with E-state index in [4.69, 9.17) is 4.42 Å². The van der Waals surface area contributed by atoms with E-state index < -0.39 is 0 Å². The maximum atomic E-state index is 12.5. The number of aryl methyl sites for hydroxylation is 1. The van der Waals surface area contributed by atoms with E-state index in [1.165, 1.54) is 23.1 Å². The first-order valence-corrected chi connectivity index (χ1v) is 10.2. The number of anilines is 1. The number of hydrogen-bond acceptors (Lipinski definition) is 7. The SMILES string of the molecule is CCN(C(=O)CSc1nnc(-c2ccccc2Br)o1)c1nc(C)cs1. The van der Waals surface area contributed by atoms with Gasteiger partial charge in [-0.3, -0.25) is 9.69 Å². The molecule has 0 fully saturated rings. The summed E-state index contributed by atoms with van der Waals surface area (Å²) in [6, 6.07) is 7.61. The molecule has 0 atom stereocenters. The molecule has 0 N–H and O–H groups in total. The maximum absolute atomic E-state index is 12.5. The van der Waals surface area contributed by atoms with Crippen LogP contribution in [0.5, 0.6) is 0 Å². The highest BCUT2D eigenvalue weighted by Crippen LogP contribution is 2.29. The maximum Gasteiger partial charge on any atom is 0.277 e. The van der Waals surface area contributed by atoms with Crippen molar-refractivity contribution in [1.82, 2.24) is 15.2 Å². The van der Waals surface area contributed by atoms with E-state index in [2.05, 4.69) is 31.1 Å². The van der Waals surface area contributed by atoms with Gasteiger partial charge in [-0.25, -0.2) is 4.98 Å². The molecular formula is C16H15BrN4O2S2. The van der Waals surface area contributed by atoms with Crippen molar-refractivity contribution in [3.8, 4) is 11.5 Å². The molecule has 1 aromatic carbocycles. The molecule has 0 saturated heterocycles. The zero-order valence-electron chi connectivity index (χ0n) is 13.6. The molecule has 2 heterocycles. The fourth-order valence-electron chi connectivity index (χ4n) is 2.10. The van der Waals surface area contributed by atoms with Gasteiger partial charge in [0.2, 0.25) is 11.8 Å². The second-order valence-corrected chi connectivity index (χ2v) is 7.67. The minimum absolute atomic E-state index is 0.0394. The Kier molecular flexibility index (Phi) is 5.87. The summed E-state index contributed by atoms with van der Waals surface area (Å²) >= 11 is 6.15. The van der Waals surface area contributed by atoms with Crippen LogP contribution in [0.15, 0.2) is 43.8 Å². The zero-order chi connectivity index (χ0) is 17.8. The van der Waals surface area contributed by atoms with E-state index >= 15 is 0 Å². The molecule has 0 spiro atoms. The first-order valence-electron chi connectivity index (χ1n) is 7.52. The number of carbonyl (C=O) groups is 1. The normalized spacial score (nSPS) is 10.8. The Balaban J connectivity index is 1.65. The molecule has 0 unspecified atom stereocenters. The Labute approximate surface area is 161 Å². The summed E-state index contributed by atoms with van der Waals surface area (Å²) in [7, 11) is 0. The number of nitrogens with zero attached hydrogens (tertiary/aromatic N) is 4. The lowest BCUT2D eigenvalue weighted by molar-refractivity contribution is -0.116. The number of amides is 1. The average Bonchev–Trinajstić information content (AvgIpc) is 3.23. The molecule has 0 radical (unpaired) electrons. The molecule has 25 heavy (non-hydrogen) atoms. The summed E-state index contributed by atoms with van der Waals surface area (Å²) in [6.07, 6.45) is 0. The van der Waals surface area contributed by atoms with Crippen LogP contribution in [0, 0.1) is 6.92 Å². The Morgan fingerprint density at radius 3 is 2.84 bits per heavy atom. The lowest BCUT2D eigenvalue weighted by Gasteiger charge is -2.16. The summed E-state index contributed by atoms with van der Waals surface area (Å²) in [5, 5.41) is 11.1. The highest BCUT2D eigenvalue weighted by atomic mass is 79.9. The number of rotatable bonds is 6. The van der Waals surface area contributed by atoms with Crippen molar-refractivity contribution >= 4 is 50.1 Å². The lowest BCUT2D eigenvalue weighted by atomic mass is 10.2. The van der Waals surface area contributed by atoms with Gasteiger partial charge in [0, 0.05) is 16.4 Å². The Morgan fingerprint density at radius 2 is 2.16 bits per heavy atom. The molecule has 0 aliphatic carbocycles. The molecule has 6 nitrogen and oxygen atoms in total. The number of benzene rings is 1. The Bertz CT molecular complexity index is 880. The van der Waals surface area contributed by atoms with E-state index in [-0.39, 0.29) is 11.7 Å². The van der Waals surface area contributed by atoms with Gasteiger partial charge < -0.3 is 4.42 Å². The van der Waals surface area contributed by atoms with Crippen LogP contribution in [-0.2, 0) is 4.79 Å². The van der Waals surface area contributed by atoms with Gasteiger partial charge in [-0.2, -0.15) is 0 Å². The molecule has 0 saturated carbocycles. The molecule has 3 rings (SSSR count). The van der Waals surface area contributed by atoms with Crippen LogP contribution in [0.2, 0.25) is 0 Å². The van der Waals surface area contributed by atoms with Crippen molar-refractivity contribution in [2.75, 3.05) is 17.2 Å². The number of carbonyl (C=O) groups excluding carboxylic acids is 1. The van der Waals surface area contributed by atoms with Crippen molar-refractivity contribution in [3.63, 3.8) is 0 Å². The number of thiazole rings is 1. The highest BCUT2D eigenvalue weighted by Gasteiger charge is 2.19. The van der Waals surface area contributed by atoms with Gasteiger partial charge in [0.15, 0.2) is 5.13 Å². The smallest absolute Gasteiger partial charge is 0.277 e. The van der Waals surface area contributed by atoms with Crippen LogP contribution in [0.25, 0.3) is 11.5 Å². The standard InChI is InChI=1S/C16H15BrN4O2S2/c1-3-21(15-18-10(2)8-24-15)13(22)9-25-16-20-19-14(23-16)11-6-4-5-7-12(11)17/h4-8H,3,9H2,1-2H3. The van der Waals surface area contributed by atoms with E-state index in [1.54, 1.807) is 4.90 Å². The zero-order valence-corrected chi connectivity index (χ0v) is 16.8. The van der Waals surface area contributed by atoms with E-state index in [9.17, 15) is 4.79 Å². The van der Waals surface area contributed by atoms with Gasteiger partial charge in [-0.15, -0.1) is 21.5 Å². The quantitative estimate of drug-likeness (QED) is 0.530. The van der Waals surface area contributed by atoms with Crippen LogP contribution in [0.3, 0.4) is 0 Å². The van der Waals surface area contributed by atoms with Crippen LogP contribution in [0.4, 0.5) is 5.13 Å². The average molecular weight is 439 g/mol. The van der Waals surface area contributed by atoms with Crippen molar-refractivity contribution in [3.05, 3.63) is 39.8 Å². The van der Waals surface area contributed by atoms with Gasteiger partial charge >= 0.3 is 0 Å². The minimum Gasteiger partial charge on any atom is -0.411 e. The summed E-state index contributed by atoms with van der Waals surface area (Å²) in [4.78, 5) is 18.5. The fraction of sp³-hybridized carbons (Fsp3) is 0.250. The molecule has 3 aromatic rings. The first-order chi connectivity index (χ1) is 12.1. The second-order valence-electron chi connectivity index (χ2n) is 5.05. The third kappa shape index (κ3) is 4.28. The van der Waals surface area contributed by atoms with Gasteiger partial charge in [0.1, 0.15) is 0 Å². The van der Waals surface area contributed by atoms with E-state index in [0.717, 1.165) is 15.7 Å². The topological polar surface area (TPSA) is 72.1 Å². The van der Waals surface area contributed by atoms with Gasteiger partial charge in [0.05, 0.1) is 17.0 Å². The second kappa shape index (κ2) is 8.11. The third-order valence-corrected chi connectivity index (χ3v) is 5.76. The molecule has 2 aromatic heterocycles. The van der Waals surface area contributed by atoms with Crippen molar-refractivity contribution in [2.45, 2.75) is 19.1 Å². The summed E-state index contributed by atoms with van der Waals surface area (Å²) in [5.74, 6) is 0.595. The van der Waals surface area contributed by atoms with Crippen molar-refractivity contribution in [2.24, 2.45) is 0 Å². The number of halogens is 1. The minimum atomic E-state index is -0.0394. The van der Waals surface area contributed by atoms with Crippen LogP contribution < -0.4 is 4.90 Å². The number of aromatic nitrogens is 3. The summed E-state index contributed by atoms with van der Waals surface area (Å²) < 4.78 is 6.53. The Hall–Kier alpha value is -1.71. The molecule has 9 heteroatoms. The van der Waals surface area contributed by atoms with Gasteiger partial charge in [-0.05, 0) is 41.9 Å². The number of thioether (sulfide) groups is 1. The van der Waals surface area contributed by atoms with Gasteiger partial charge in [-0.1, -0.05) is 23.9 Å². The third-order valence-electron chi connectivity index (χ3n) is 3.28. The lowest BCUT2D eigenvalue weighted by Crippen LogP contribution is -2.32. The highest BCUT2D eigenvalue weighted by molar-refractivity contribution is 9.10. The van der Waals surface area contributed by atoms with Crippen molar-refractivity contribution in [1.29, 1.82) is 0 Å². The van der Waals surface area contributed by atoms with E-state index in [0.29, 0.717) is 22.8 Å². The molecule has 0 bridgehead atoms. The molecular weight excluding hydrogens is 424 g/mol. The van der Waals surface area contributed by atoms with Crippen LogP contribution in [-0.4, -0.2) is 33.4 Å². The Morgan fingerprint density at radius 1 is 1.36 bits per heavy atom. The van der Waals surface area contributed by atoms with E-state index in [1.807, 2.05) is 43.5 Å². The number of hydrogen-bond donors (Lipinski definition) is 0. The van der Waals surface area contributed by atoms with Crippen LogP contribution in [0.1, 0.15) is 12.6 Å². The van der Waals surface area contributed by atoms with Crippen molar-refractivity contribution < 1.29 is 9.21 Å². The molecule has 0 aliphatic rings. The van der Waals surface area contributed by atoms with Gasteiger partial charge in [0.25, 0.3) is 5.22 Å². The monoisotopic (exact) mass is 438 g/mol. The molecule has 130 valence electrons. The summed E-state index contributed by atoms with van der Waals surface area (Å²) in [5.41, 5.74) is 1.73. The fourth-order valence-corrected chi connectivity index (χ4v) is 4.07. The van der Waals surface area contributed by atoms with Crippen LogP contribution >= 0.6 is 39.0 Å². The predicted molar refractivity (Wildman–Crippen MR) is 103 cm³/mol. The largest absolute Gasteiger partial charge is 0.411 e. The molecule has 0 aliphatic heterocycles. The predicted octanol–water partition coefficient (Wildman–Crippen LogP) is 4.41.